The molecule has 0 bridgehead atoms. The number of anilines is 2. The SMILES string of the molecule is CC1CC(C)CN(CCC(=O)Nc2ccc(Cl)c(N)c2)C1. The van der Waals surface area contributed by atoms with Gasteiger partial charge in [0.05, 0.1) is 10.7 Å². The van der Waals surface area contributed by atoms with Crippen LogP contribution < -0.4 is 11.1 Å². The van der Waals surface area contributed by atoms with E-state index in [2.05, 4.69) is 24.1 Å². The molecule has 1 aliphatic rings. The number of nitrogen functional groups attached to an aromatic ring is 1. The molecule has 116 valence electrons. The van der Waals surface area contributed by atoms with Crippen LogP contribution in [0, 0.1) is 11.8 Å². The second-order valence-corrected chi connectivity index (χ2v) is 6.65. The van der Waals surface area contributed by atoms with Crippen LogP contribution in [0.2, 0.25) is 5.02 Å². The van der Waals surface area contributed by atoms with Crippen LogP contribution in [0.3, 0.4) is 0 Å². The molecule has 1 fully saturated rings. The van der Waals surface area contributed by atoms with Gasteiger partial charge in [0.15, 0.2) is 0 Å². The first-order valence-corrected chi connectivity index (χ1v) is 7.89. The number of nitrogens with two attached hydrogens (primary N) is 1. The fraction of sp³-hybridized carbons (Fsp3) is 0.562. The van der Waals surface area contributed by atoms with Crippen LogP contribution in [-0.4, -0.2) is 30.4 Å². The molecule has 1 aromatic rings. The van der Waals surface area contributed by atoms with Crippen LogP contribution >= 0.6 is 11.6 Å². The van der Waals surface area contributed by atoms with Gasteiger partial charge in [0.1, 0.15) is 0 Å². The maximum atomic E-state index is 12.0. The zero-order chi connectivity index (χ0) is 15.4. The largest absolute Gasteiger partial charge is 0.397 e. The van der Waals surface area contributed by atoms with Gasteiger partial charge in [-0.3, -0.25) is 4.79 Å². The van der Waals surface area contributed by atoms with E-state index in [1.54, 1.807) is 18.2 Å². The number of carbonyl (C=O) groups is 1. The molecule has 1 aliphatic heterocycles. The van der Waals surface area contributed by atoms with Crippen molar-refractivity contribution in [2.75, 3.05) is 30.7 Å². The van der Waals surface area contributed by atoms with Crippen molar-refractivity contribution in [2.24, 2.45) is 11.8 Å². The standard InChI is InChI=1S/C16H24ClN3O/c1-11-7-12(2)10-20(9-11)6-5-16(21)19-13-3-4-14(17)15(18)8-13/h3-4,8,11-12H,5-7,9-10,18H2,1-2H3,(H,19,21). The highest BCUT2D eigenvalue weighted by molar-refractivity contribution is 6.33. The second kappa shape index (κ2) is 7.14. The number of hydrogen-bond donors (Lipinski definition) is 2. The lowest BCUT2D eigenvalue weighted by atomic mass is 9.92. The van der Waals surface area contributed by atoms with E-state index < -0.39 is 0 Å². The Morgan fingerprint density at radius 2 is 2.05 bits per heavy atom. The zero-order valence-electron chi connectivity index (χ0n) is 12.7. The number of carbonyl (C=O) groups excluding carboxylic acids is 1. The Labute approximate surface area is 131 Å². The summed E-state index contributed by atoms with van der Waals surface area (Å²) in [5.41, 5.74) is 6.90. The molecule has 0 spiro atoms. The van der Waals surface area contributed by atoms with Gasteiger partial charge < -0.3 is 16.0 Å². The molecule has 3 N–H and O–H groups in total. The zero-order valence-corrected chi connectivity index (χ0v) is 13.5. The Hall–Kier alpha value is -1.26. The minimum atomic E-state index is 0.0163. The van der Waals surface area contributed by atoms with Gasteiger partial charge in [-0.25, -0.2) is 0 Å². The molecule has 0 radical (unpaired) electrons. The van der Waals surface area contributed by atoms with E-state index in [9.17, 15) is 4.79 Å². The van der Waals surface area contributed by atoms with Gasteiger partial charge in [0, 0.05) is 31.7 Å². The molecule has 2 rings (SSSR count). The molecule has 2 atom stereocenters. The predicted molar refractivity (Wildman–Crippen MR) is 88.5 cm³/mol. The third-order valence-corrected chi connectivity index (χ3v) is 4.22. The molecule has 0 aromatic heterocycles. The van der Waals surface area contributed by atoms with Crippen LogP contribution in [0.15, 0.2) is 18.2 Å². The first kappa shape index (κ1) is 16.1. The van der Waals surface area contributed by atoms with E-state index in [0.29, 0.717) is 34.7 Å². The van der Waals surface area contributed by atoms with Gasteiger partial charge in [0.25, 0.3) is 0 Å². The Kier molecular flexibility index (Phi) is 5.48. The smallest absolute Gasteiger partial charge is 0.225 e. The van der Waals surface area contributed by atoms with E-state index >= 15 is 0 Å². The van der Waals surface area contributed by atoms with E-state index in [-0.39, 0.29) is 5.91 Å². The van der Waals surface area contributed by atoms with E-state index in [1.807, 2.05) is 0 Å². The number of piperidine rings is 1. The molecule has 21 heavy (non-hydrogen) atoms. The van der Waals surface area contributed by atoms with Crippen LogP contribution in [0.25, 0.3) is 0 Å². The van der Waals surface area contributed by atoms with E-state index in [4.69, 9.17) is 17.3 Å². The number of halogens is 1. The average molecular weight is 310 g/mol. The molecule has 4 nitrogen and oxygen atoms in total. The summed E-state index contributed by atoms with van der Waals surface area (Å²) >= 11 is 5.86. The number of nitrogens with one attached hydrogen (secondary N) is 1. The van der Waals surface area contributed by atoms with Crippen LogP contribution in [-0.2, 0) is 4.79 Å². The Morgan fingerprint density at radius 1 is 1.38 bits per heavy atom. The summed E-state index contributed by atoms with van der Waals surface area (Å²) in [6, 6.07) is 5.15. The van der Waals surface area contributed by atoms with Crippen molar-refractivity contribution in [3.8, 4) is 0 Å². The minimum absolute atomic E-state index is 0.0163. The molecule has 0 aliphatic carbocycles. The highest BCUT2D eigenvalue weighted by atomic mass is 35.5. The number of hydrogen-bond acceptors (Lipinski definition) is 3. The summed E-state index contributed by atoms with van der Waals surface area (Å²) in [4.78, 5) is 14.4. The lowest BCUT2D eigenvalue weighted by Crippen LogP contribution is -2.40. The quantitative estimate of drug-likeness (QED) is 0.840. The minimum Gasteiger partial charge on any atom is -0.397 e. The van der Waals surface area contributed by atoms with Gasteiger partial charge in [0.2, 0.25) is 5.91 Å². The van der Waals surface area contributed by atoms with Crippen molar-refractivity contribution in [3.05, 3.63) is 23.2 Å². The third-order valence-electron chi connectivity index (χ3n) is 3.88. The molecular formula is C16H24ClN3O. The van der Waals surface area contributed by atoms with E-state index in [0.717, 1.165) is 19.6 Å². The monoisotopic (exact) mass is 309 g/mol. The van der Waals surface area contributed by atoms with Gasteiger partial charge in [-0.05, 0) is 36.5 Å². The molecule has 5 heteroatoms. The molecule has 1 aromatic carbocycles. The van der Waals surface area contributed by atoms with Gasteiger partial charge in [-0.2, -0.15) is 0 Å². The van der Waals surface area contributed by atoms with Crippen molar-refractivity contribution in [1.29, 1.82) is 0 Å². The average Bonchev–Trinajstić information content (AvgIpc) is 2.40. The number of amides is 1. The van der Waals surface area contributed by atoms with Crippen LogP contribution in [0.5, 0.6) is 0 Å². The third kappa shape index (κ3) is 4.90. The summed E-state index contributed by atoms with van der Waals surface area (Å²) < 4.78 is 0. The fourth-order valence-corrected chi connectivity index (χ4v) is 3.20. The summed E-state index contributed by atoms with van der Waals surface area (Å²) in [5.74, 6) is 1.45. The molecule has 1 amide bonds. The topological polar surface area (TPSA) is 58.4 Å². The maximum absolute atomic E-state index is 12.0. The number of likely N-dealkylation sites (tertiary alicyclic amines) is 1. The van der Waals surface area contributed by atoms with Crippen molar-refractivity contribution in [3.63, 3.8) is 0 Å². The van der Waals surface area contributed by atoms with Gasteiger partial charge in [-0.1, -0.05) is 25.4 Å². The number of nitrogens with zero attached hydrogens (tertiary/aromatic N) is 1. The van der Waals surface area contributed by atoms with Crippen LogP contribution in [0.4, 0.5) is 11.4 Å². The highest BCUT2D eigenvalue weighted by Crippen LogP contribution is 2.23. The van der Waals surface area contributed by atoms with Crippen molar-refractivity contribution >= 4 is 28.9 Å². The Morgan fingerprint density at radius 3 is 2.67 bits per heavy atom. The summed E-state index contributed by atoms with van der Waals surface area (Å²) in [7, 11) is 0. The number of rotatable bonds is 4. The first-order chi connectivity index (χ1) is 9.94. The Bertz CT molecular complexity index is 496. The molecule has 1 saturated heterocycles. The summed E-state index contributed by atoms with van der Waals surface area (Å²) in [6.45, 7) is 7.54. The maximum Gasteiger partial charge on any atom is 0.225 e. The fourth-order valence-electron chi connectivity index (χ4n) is 3.08. The molecule has 1 heterocycles. The predicted octanol–water partition coefficient (Wildman–Crippen LogP) is 3.23. The highest BCUT2D eigenvalue weighted by Gasteiger charge is 2.21. The van der Waals surface area contributed by atoms with Crippen molar-refractivity contribution in [1.82, 2.24) is 4.90 Å². The molecular weight excluding hydrogens is 286 g/mol. The Balaban J connectivity index is 1.80. The molecule has 0 saturated carbocycles. The lowest BCUT2D eigenvalue weighted by Gasteiger charge is -2.34. The summed E-state index contributed by atoms with van der Waals surface area (Å²) in [5, 5.41) is 3.37. The van der Waals surface area contributed by atoms with Crippen molar-refractivity contribution < 1.29 is 4.79 Å². The lowest BCUT2D eigenvalue weighted by molar-refractivity contribution is -0.116. The number of benzene rings is 1. The molecule has 2 unspecified atom stereocenters. The van der Waals surface area contributed by atoms with Gasteiger partial charge in [-0.15, -0.1) is 0 Å². The second-order valence-electron chi connectivity index (χ2n) is 6.24. The van der Waals surface area contributed by atoms with Crippen LogP contribution in [0.1, 0.15) is 26.7 Å². The normalized spacial score (nSPS) is 23.0. The van der Waals surface area contributed by atoms with Gasteiger partial charge >= 0.3 is 0 Å². The van der Waals surface area contributed by atoms with E-state index in [1.165, 1.54) is 6.42 Å². The first-order valence-electron chi connectivity index (χ1n) is 7.51. The summed E-state index contributed by atoms with van der Waals surface area (Å²) in [6.07, 6.45) is 1.79. The van der Waals surface area contributed by atoms with Crippen molar-refractivity contribution in [2.45, 2.75) is 26.7 Å².